The van der Waals surface area contributed by atoms with Crippen molar-refractivity contribution >= 4 is 17.3 Å². The molecule has 0 saturated heterocycles. The zero-order chi connectivity index (χ0) is 19.5. The van der Waals surface area contributed by atoms with Crippen LogP contribution in [-0.4, -0.2) is 25.7 Å². The van der Waals surface area contributed by atoms with Gasteiger partial charge in [-0.05, 0) is 55.3 Å². The Bertz CT molecular complexity index is 741. The maximum absolute atomic E-state index is 12.2. The van der Waals surface area contributed by atoms with E-state index < -0.39 is 0 Å². The summed E-state index contributed by atoms with van der Waals surface area (Å²) in [5, 5.41) is 5.97. The van der Waals surface area contributed by atoms with E-state index >= 15 is 0 Å². The smallest absolute Gasteiger partial charge is 0.243 e. The highest BCUT2D eigenvalue weighted by Crippen LogP contribution is 2.18. The zero-order valence-corrected chi connectivity index (χ0v) is 16.1. The van der Waals surface area contributed by atoms with Gasteiger partial charge in [0.15, 0.2) is 0 Å². The van der Waals surface area contributed by atoms with E-state index in [0.29, 0.717) is 13.2 Å². The van der Waals surface area contributed by atoms with Crippen LogP contribution in [0, 0.1) is 0 Å². The number of ether oxygens (including phenoxy) is 2. The molecule has 0 bridgehead atoms. The number of carbonyl (C=O) groups is 1. The highest BCUT2D eigenvalue weighted by Gasteiger charge is 2.04. The largest absolute Gasteiger partial charge is 0.494 e. The van der Waals surface area contributed by atoms with Crippen molar-refractivity contribution in [2.24, 2.45) is 0 Å². The van der Waals surface area contributed by atoms with Gasteiger partial charge in [0.05, 0.1) is 13.2 Å². The molecule has 0 spiro atoms. The van der Waals surface area contributed by atoms with Crippen molar-refractivity contribution in [3.63, 3.8) is 0 Å². The van der Waals surface area contributed by atoms with Gasteiger partial charge in [-0.25, -0.2) is 0 Å². The number of anilines is 2. The topological polar surface area (TPSA) is 59.6 Å². The van der Waals surface area contributed by atoms with Gasteiger partial charge in [0.1, 0.15) is 18.1 Å². The minimum atomic E-state index is -0.122. The summed E-state index contributed by atoms with van der Waals surface area (Å²) in [5.41, 5.74) is 2.54. The second-order valence-electron chi connectivity index (χ2n) is 6.40. The van der Waals surface area contributed by atoms with Gasteiger partial charge in [-0.1, -0.05) is 26.0 Å². The van der Waals surface area contributed by atoms with Gasteiger partial charge in [0.25, 0.3) is 0 Å². The van der Waals surface area contributed by atoms with Crippen molar-refractivity contribution in [1.29, 1.82) is 0 Å². The average Bonchev–Trinajstić information content (AvgIpc) is 2.66. The van der Waals surface area contributed by atoms with Crippen LogP contribution in [0.5, 0.6) is 11.5 Å². The van der Waals surface area contributed by atoms with Crippen LogP contribution < -0.4 is 20.1 Å². The molecule has 2 aromatic rings. The lowest BCUT2D eigenvalue weighted by Crippen LogP contribution is -2.21. The first-order chi connectivity index (χ1) is 13.1. The summed E-state index contributed by atoms with van der Waals surface area (Å²) in [6.07, 6.45) is 2.10. The Morgan fingerprint density at radius 3 is 2.52 bits per heavy atom. The molecule has 0 aliphatic heterocycles. The maximum atomic E-state index is 12.2. The maximum Gasteiger partial charge on any atom is 0.243 e. The first-order valence-corrected chi connectivity index (χ1v) is 9.20. The average molecular weight is 368 g/mol. The molecule has 0 aromatic heterocycles. The predicted octanol–water partition coefficient (Wildman–Crippen LogP) is 4.87. The third-order valence-corrected chi connectivity index (χ3v) is 3.68. The van der Waals surface area contributed by atoms with E-state index in [0.717, 1.165) is 41.3 Å². The Morgan fingerprint density at radius 2 is 1.81 bits per heavy atom. The van der Waals surface area contributed by atoms with E-state index in [2.05, 4.69) is 24.1 Å². The zero-order valence-electron chi connectivity index (χ0n) is 16.1. The minimum absolute atomic E-state index is 0.122. The molecule has 0 atom stereocenters. The Labute approximate surface area is 161 Å². The molecular weight excluding hydrogens is 340 g/mol. The number of rotatable bonds is 11. The first kappa shape index (κ1) is 20.4. The number of benzene rings is 2. The van der Waals surface area contributed by atoms with Gasteiger partial charge in [-0.3, -0.25) is 4.79 Å². The molecule has 27 heavy (non-hydrogen) atoms. The third-order valence-electron chi connectivity index (χ3n) is 3.68. The molecule has 1 amide bonds. The summed E-state index contributed by atoms with van der Waals surface area (Å²) in [5.74, 6) is 1.41. The molecule has 5 nitrogen and oxygen atoms in total. The number of unbranched alkanes of at least 4 members (excludes halogenated alkanes) is 1. The molecule has 5 heteroatoms. The van der Waals surface area contributed by atoms with Crippen LogP contribution in [0.4, 0.5) is 11.4 Å². The summed E-state index contributed by atoms with van der Waals surface area (Å²) in [6.45, 7) is 9.20. The summed E-state index contributed by atoms with van der Waals surface area (Å²) in [4.78, 5) is 12.2. The highest BCUT2D eigenvalue weighted by molar-refractivity contribution is 5.93. The van der Waals surface area contributed by atoms with Crippen molar-refractivity contribution in [3.05, 3.63) is 60.7 Å². The van der Waals surface area contributed by atoms with Crippen LogP contribution in [0.25, 0.3) is 0 Å². The first-order valence-electron chi connectivity index (χ1n) is 9.20. The highest BCUT2D eigenvalue weighted by atomic mass is 16.5. The Hall–Kier alpha value is -2.95. The van der Waals surface area contributed by atoms with E-state index in [1.54, 1.807) is 0 Å². The Kier molecular flexibility index (Phi) is 8.23. The number of nitrogens with one attached hydrogen (secondary N) is 2. The van der Waals surface area contributed by atoms with E-state index in [9.17, 15) is 4.79 Å². The molecule has 0 aliphatic carbocycles. The Balaban J connectivity index is 1.78. The van der Waals surface area contributed by atoms with Crippen LogP contribution in [0.15, 0.2) is 60.7 Å². The molecule has 0 saturated carbocycles. The lowest BCUT2D eigenvalue weighted by molar-refractivity contribution is -0.114. The van der Waals surface area contributed by atoms with E-state index in [1.807, 2.05) is 55.5 Å². The lowest BCUT2D eigenvalue weighted by atomic mass is 10.3. The van der Waals surface area contributed by atoms with Crippen LogP contribution in [-0.2, 0) is 4.79 Å². The fourth-order valence-corrected chi connectivity index (χ4v) is 2.26. The SMILES string of the molecule is C=C(C)COc1ccc(NCC(=O)Nc2cccc(OCCCC)c2)cc1. The summed E-state index contributed by atoms with van der Waals surface area (Å²) >= 11 is 0. The van der Waals surface area contributed by atoms with E-state index in [1.165, 1.54) is 0 Å². The van der Waals surface area contributed by atoms with Gasteiger partial charge < -0.3 is 20.1 Å². The van der Waals surface area contributed by atoms with Gasteiger partial charge in [-0.15, -0.1) is 0 Å². The van der Waals surface area contributed by atoms with Crippen LogP contribution in [0.3, 0.4) is 0 Å². The van der Waals surface area contributed by atoms with Gasteiger partial charge in [-0.2, -0.15) is 0 Å². The van der Waals surface area contributed by atoms with Crippen molar-refractivity contribution in [3.8, 4) is 11.5 Å². The fraction of sp³-hybridized carbons (Fsp3) is 0.318. The summed E-state index contributed by atoms with van der Waals surface area (Å²) in [6, 6.07) is 14.9. The molecule has 0 aliphatic rings. The number of hydrogen-bond donors (Lipinski definition) is 2. The summed E-state index contributed by atoms with van der Waals surface area (Å²) in [7, 11) is 0. The van der Waals surface area contributed by atoms with E-state index in [4.69, 9.17) is 9.47 Å². The number of carbonyl (C=O) groups excluding carboxylic acids is 1. The standard InChI is InChI=1S/C22H28N2O3/c1-4-5-13-26-21-8-6-7-19(14-21)24-22(25)15-23-18-9-11-20(12-10-18)27-16-17(2)3/h6-12,14,23H,2,4-5,13,15-16H2,1,3H3,(H,24,25). The Morgan fingerprint density at radius 1 is 1.04 bits per heavy atom. The molecule has 0 radical (unpaired) electrons. The number of amides is 1. The molecule has 2 rings (SSSR count). The van der Waals surface area contributed by atoms with Crippen molar-refractivity contribution in [1.82, 2.24) is 0 Å². The lowest BCUT2D eigenvalue weighted by Gasteiger charge is -2.11. The predicted molar refractivity (Wildman–Crippen MR) is 111 cm³/mol. The monoisotopic (exact) mass is 368 g/mol. The molecule has 0 unspecified atom stereocenters. The fourth-order valence-electron chi connectivity index (χ4n) is 2.26. The van der Waals surface area contributed by atoms with Gasteiger partial charge in [0, 0.05) is 17.4 Å². The molecule has 2 aromatic carbocycles. The quantitative estimate of drug-likeness (QED) is 0.439. The van der Waals surface area contributed by atoms with Gasteiger partial charge >= 0.3 is 0 Å². The van der Waals surface area contributed by atoms with Crippen molar-refractivity contribution in [2.75, 3.05) is 30.4 Å². The normalized spacial score (nSPS) is 10.1. The molecule has 2 N–H and O–H groups in total. The van der Waals surface area contributed by atoms with Crippen molar-refractivity contribution < 1.29 is 14.3 Å². The molecule has 0 heterocycles. The van der Waals surface area contributed by atoms with E-state index in [-0.39, 0.29) is 12.5 Å². The molecule has 144 valence electrons. The van der Waals surface area contributed by atoms with Crippen LogP contribution in [0.1, 0.15) is 26.7 Å². The van der Waals surface area contributed by atoms with Crippen molar-refractivity contribution in [2.45, 2.75) is 26.7 Å². The van der Waals surface area contributed by atoms with Crippen LogP contribution in [0.2, 0.25) is 0 Å². The summed E-state index contributed by atoms with van der Waals surface area (Å²) < 4.78 is 11.2. The molecular formula is C22H28N2O3. The minimum Gasteiger partial charge on any atom is -0.494 e. The third kappa shape index (κ3) is 7.86. The second kappa shape index (κ2) is 10.9. The number of hydrogen-bond acceptors (Lipinski definition) is 4. The van der Waals surface area contributed by atoms with Gasteiger partial charge in [0.2, 0.25) is 5.91 Å². The van der Waals surface area contributed by atoms with Crippen LogP contribution >= 0.6 is 0 Å². The second-order valence-corrected chi connectivity index (χ2v) is 6.40. The molecule has 0 fully saturated rings.